The topological polar surface area (TPSA) is 9.23 Å². The molecule has 0 saturated heterocycles. The molecule has 64 valence electrons. The monoisotopic (exact) mass is 186 g/mol. The number of halogens is 2. The van der Waals surface area contributed by atoms with Gasteiger partial charge in [-0.05, 0) is 27.7 Å². The zero-order chi connectivity index (χ0) is 8.62. The van der Waals surface area contributed by atoms with E-state index in [2.05, 4.69) is 20.8 Å². The van der Waals surface area contributed by atoms with E-state index in [1.165, 1.54) is 0 Å². The second kappa shape index (κ2) is 7.64. The van der Waals surface area contributed by atoms with Crippen molar-refractivity contribution in [2.24, 2.45) is 0 Å². The molecule has 3 heteroatoms. The molecule has 0 aromatic rings. The number of hydrogen-bond acceptors (Lipinski definition) is 1. The van der Waals surface area contributed by atoms with Gasteiger partial charge in [-0.3, -0.25) is 0 Å². The standard InChI is InChI=1S/C6H14O.CH2Cl2/c1-5-7-6(2,3)4;2-1-3/h5H2,1-4H3;1H2. The molecule has 0 rings (SSSR count). The predicted octanol–water partition coefficient (Wildman–Crippen LogP) is 3.24. The van der Waals surface area contributed by atoms with Crippen LogP contribution in [0.25, 0.3) is 0 Å². The van der Waals surface area contributed by atoms with Crippen molar-refractivity contribution >= 4 is 23.2 Å². The first-order valence-corrected chi connectivity index (χ1v) is 4.30. The van der Waals surface area contributed by atoms with E-state index < -0.39 is 0 Å². The molecule has 0 aliphatic heterocycles. The molecule has 10 heavy (non-hydrogen) atoms. The van der Waals surface area contributed by atoms with Crippen LogP contribution in [0.3, 0.4) is 0 Å². The molecule has 0 spiro atoms. The zero-order valence-electron chi connectivity index (χ0n) is 7.08. The largest absolute Gasteiger partial charge is 0.376 e. The van der Waals surface area contributed by atoms with Gasteiger partial charge in [0, 0.05) is 6.61 Å². The van der Waals surface area contributed by atoms with Gasteiger partial charge < -0.3 is 4.74 Å². The van der Waals surface area contributed by atoms with Crippen molar-refractivity contribution in [3.8, 4) is 0 Å². The van der Waals surface area contributed by atoms with Gasteiger partial charge in [-0.15, -0.1) is 23.2 Å². The van der Waals surface area contributed by atoms with E-state index in [0.29, 0.717) is 0 Å². The van der Waals surface area contributed by atoms with E-state index in [4.69, 9.17) is 27.9 Å². The SMILES string of the molecule is CCOC(C)(C)C.ClCCl. The van der Waals surface area contributed by atoms with Crippen LogP contribution in [-0.2, 0) is 4.74 Å². The molecule has 1 nitrogen and oxygen atoms in total. The first-order valence-electron chi connectivity index (χ1n) is 3.23. The number of rotatable bonds is 1. The minimum Gasteiger partial charge on any atom is -0.376 e. The van der Waals surface area contributed by atoms with E-state index >= 15 is 0 Å². The third-order valence-electron chi connectivity index (χ3n) is 0.577. The van der Waals surface area contributed by atoms with Gasteiger partial charge >= 0.3 is 0 Å². The number of alkyl halides is 2. The summed E-state index contributed by atoms with van der Waals surface area (Å²) in [5.41, 5.74) is 0.0503. The van der Waals surface area contributed by atoms with Crippen LogP contribution >= 0.6 is 23.2 Å². The summed E-state index contributed by atoms with van der Waals surface area (Å²) < 4.78 is 5.23. The number of hydrogen-bond donors (Lipinski definition) is 0. The molecular weight excluding hydrogens is 171 g/mol. The van der Waals surface area contributed by atoms with Crippen LogP contribution in [0.2, 0.25) is 0 Å². The molecule has 0 unspecified atom stereocenters. The smallest absolute Gasteiger partial charge is 0.0967 e. The molecule has 0 N–H and O–H groups in total. The minimum atomic E-state index is 0.0503. The van der Waals surface area contributed by atoms with Crippen molar-refractivity contribution in [2.45, 2.75) is 33.3 Å². The maximum absolute atomic E-state index is 5.23. The van der Waals surface area contributed by atoms with Gasteiger partial charge in [-0.2, -0.15) is 0 Å². The Hall–Kier alpha value is 0.540. The Morgan fingerprint density at radius 1 is 1.20 bits per heavy atom. The van der Waals surface area contributed by atoms with Crippen molar-refractivity contribution in [1.29, 1.82) is 0 Å². The Morgan fingerprint density at radius 3 is 1.50 bits per heavy atom. The van der Waals surface area contributed by atoms with E-state index in [9.17, 15) is 0 Å². The van der Waals surface area contributed by atoms with Gasteiger partial charge in [0.1, 0.15) is 0 Å². The number of ether oxygens (including phenoxy) is 1. The van der Waals surface area contributed by atoms with Crippen LogP contribution in [-0.4, -0.2) is 17.5 Å². The first-order chi connectivity index (χ1) is 4.47. The van der Waals surface area contributed by atoms with Gasteiger partial charge in [0.25, 0.3) is 0 Å². The van der Waals surface area contributed by atoms with Gasteiger partial charge in [0.15, 0.2) is 0 Å². The van der Waals surface area contributed by atoms with Crippen LogP contribution in [0.4, 0.5) is 0 Å². The Balaban J connectivity index is 0. The highest BCUT2D eigenvalue weighted by atomic mass is 35.5. The lowest BCUT2D eigenvalue weighted by Gasteiger charge is -2.17. The van der Waals surface area contributed by atoms with Crippen LogP contribution in [0, 0.1) is 0 Å². The Morgan fingerprint density at radius 2 is 1.50 bits per heavy atom. The average Bonchev–Trinajstić information content (AvgIpc) is 1.63. The van der Waals surface area contributed by atoms with E-state index in [1.807, 2.05) is 6.92 Å². The third-order valence-corrected chi connectivity index (χ3v) is 0.577. The Bertz CT molecular complexity index is 59.1. The van der Waals surface area contributed by atoms with E-state index in [-0.39, 0.29) is 10.9 Å². The van der Waals surface area contributed by atoms with Gasteiger partial charge in [-0.1, -0.05) is 0 Å². The third kappa shape index (κ3) is 23.6. The summed E-state index contributed by atoms with van der Waals surface area (Å²) in [6.45, 7) is 8.97. The molecule has 0 bridgehead atoms. The molecule has 0 heterocycles. The van der Waals surface area contributed by atoms with Gasteiger partial charge in [0.2, 0.25) is 0 Å². The van der Waals surface area contributed by atoms with Crippen molar-refractivity contribution in [2.75, 3.05) is 11.9 Å². The van der Waals surface area contributed by atoms with Crippen molar-refractivity contribution in [3.63, 3.8) is 0 Å². The summed E-state index contributed by atoms with van der Waals surface area (Å²) in [4.78, 5) is 0. The second-order valence-corrected chi connectivity index (χ2v) is 3.45. The maximum Gasteiger partial charge on any atom is 0.0967 e. The second-order valence-electron chi connectivity index (χ2n) is 2.65. The summed E-state index contributed by atoms with van der Waals surface area (Å²) in [7, 11) is 0. The van der Waals surface area contributed by atoms with Crippen LogP contribution in [0.1, 0.15) is 27.7 Å². The van der Waals surface area contributed by atoms with Crippen LogP contribution in [0.15, 0.2) is 0 Å². The Kier molecular flexibility index (Phi) is 10.1. The van der Waals surface area contributed by atoms with E-state index in [1.54, 1.807) is 0 Å². The summed E-state index contributed by atoms with van der Waals surface area (Å²) in [5, 5.41) is 0.194. The van der Waals surface area contributed by atoms with Crippen molar-refractivity contribution in [3.05, 3.63) is 0 Å². The summed E-state index contributed by atoms with van der Waals surface area (Å²) >= 11 is 9.53. The fraction of sp³-hybridized carbons (Fsp3) is 1.00. The summed E-state index contributed by atoms with van der Waals surface area (Å²) in [6.07, 6.45) is 0. The fourth-order valence-corrected chi connectivity index (χ4v) is 0.433. The fourth-order valence-electron chi connectivity index (χ4n) is 0.433. The molecule has 0 saturated carbocycles. The van der Waals surface area contributed by atoms with Crippen molar-refractivity contribution < 1.29 is 4.74 Å². The Labute approximate surface area is 73.7 Å². The lowest BCUT2D eigenvalue weighted by Crippen LogP contribution is -2.18. The quantitative estimate of drug-likeness (QED) is 0.572. The van der Waals surface area contributed by atoms with Crippen LogP contribution in [0.5, 0.6) is 0 Å². The minimum absolute atomic E-state index is 0.0503. The molecule has 0 fully saturated rings. The summed E-state index contributed by atoms with van der Waals surface area (Å²) in [5.74, 6) is 0. The van der Waals surface area contributed by atoms with Crippen LogP contribution < -0.4 is 0 Å². The molecule has 0 aromatic heterocycles. The zero-order valence-corrected chi connectivity index (χ0v) is 8.59. The maximum atomic E-state index is 5.23. The lowest BCUT2D eigenvalue weighted by molar-refractivity contribution is 0.00532. The molecule has 0 aliphatic rings. The molecule has 0 aromatic carbocycles. The van der Waals surface area contributed by atoms with Gasteiger partial charge in [0.05, 0.1) is 10.9 Å². The van der Waals surface area contributed by atoms with Gasteiger partial charge in [-0.25, -0.2) is 0 Å². The molecule has 0 amide bonds. The molecule has 0 atom stereocenters. The normalized spacial score (nSPS) is 10.2. The molecular formula is C7H16Cl2O. The lowest BCUT2D eigenvalue weighted by atomic mass is 10.2. The van der Waals surface area contributed by atoms with Crippen molar-refractivity contribution in [1.82, 2.24) is 0 Å². The molecule has 0 aliphatic carbocycles. The highest BCUT2D eigenvalue weighted by Gasteiger charge is 2.06. The predicted molar refractivity (Wildman–Crippen MR) is 48.0 cm³/mol. The average molecular weight is 187 g/mol. The first kappa shape index (κ1) is 13.2. The summed E-state index contributed by atoms with van der Waals surface area (Å²) in [6, 6.07) is 0. The highest BCUT2D eigenvalue weighted by molar-refractivity contribution is 6.40. The molecule has 0 radical (unpaired) electrons. The van der Waals surface area contributed by atoms with E-state index in [0.717, 1.165) is 6.61 Å². The highest BCUT2D eigenvalue weighted by Crippen LogP contribution is 2.04.